The van der Waals surface area contributed by atoms with E-state index < -0.39 is 0 Å². The number of rotatable bonds is 17. The minimum Gasteiger partial charge on any atom is -0.309 e. The molecule has 0 unspecified atom stereocenters. The van der Waals surface area contributed by atoms with Gasteiger partial charge in [-0.3, -0.25) is 0 Å². The zero-order valence-electron chi connectivity index (χ0n) is 25.1. The molecule has 0 radical (unpaired) electrons. The third-order valence-corrected chi connectivity index (χ3v) is 9.92. The Morgan fingerprint density at radius 3 is 1.36 bits per heavy atom. The van der Waals surface area contributed by atoms with Crippen LogP contribution in [0.2, 0.25) is 0 Å². The molecule has 5 heteroatoms. The normalized spacial score (nSPS) is 10.5. The third kappa shape index (κ3) is 17.8. The van der Waals surface area contributed by atoms with Crippen molar-refractivity contribution in [3.8, 4) is 0 Å². The lowest BCUT2D eigenvalue weighted by Gasteiger charge is -2.08. The maximum Gasteiger partial charge on any atom is 0.166 e. The van der Waals surface area contributed by atoms with Crippen LogP contribution in [-0.4, -0.2) is 37.0 Å². The standard InChI is InChI=1S/C18H15S.C14H32N2S2.C2H6/c1-4-10-16(11-5-1)19(17-12-6-2-7-13-17)18-14-8-3-9-15-18;1-4-5-6-7-8-10-13-17-15-18-14-11-9-12-16(2)3;1-2/h1-15H;15H,4-14H2,1-3H3;1-2H3/q+1;;. The Morgan fingerprint density at radius 2 is 0.949 bits per heavy atom. The van der Waals surface area contributed by atoms with Crippen molar-refractivity contribution >= 4 is 34.8 Å². The largest absolute Gasteiger partial charge is 0.309 e. The van der Waals surface area contributed by atoms with Crippen LogP contribution in [0.4, 0.5) is 0 Å². The van der Waals surface area contributed by atoms with Crippen molar-refractivity contribution in [2.24, 2.45) is 0 Å². The van der Waals surface area contributed by atoms with Crippen LogP contribution in [0.25, 0.3) is 0 Å². The van der Waals surface area contributed by atoms with E-state index in [4.69, 9.17) is 0 Å². The first kappa shape index (κ1) is 35.7. The molecule has 0 fully saturated rings. The molecule has 0 aromatic heterocycles. The summed E-state index contributed by atoms with van der Waals surface area (Å²) in [6.07, 6.45) is 11.0. The fourth-order valence-corrected chi connectivity index (χ4v) is 7.56. The first-order valence-electron chi connectivity index (χ1n) is 14.7. The number of unbranched alkanes of at least 4 members (excludes halogenated alkanes) is 6. The van der Waals surface area contributed by atoms with Gasteiger partial charge in [0.15, 0.2) is 14.7 Å². The summed E-state index contributed by atoms with van der Waals surface area (Å²) in [5, 5.41) is 0. The molecular formula is C34H53N2S3+. The average molecular weight is 586 g/mol. The first-order valence-corrected chi connectivity index (χ1v) is 17.9. The first-order chi connectivity index (χ1) is 19.2. The van der Waals surface area contributed by atoms with Gasteiger partial charge in [0.2, 0.25) is 0 Å². The Morgan fingerprint density at radius 1 is 0.564 bits per heavy atom. The highest BCUT2D eigenvalue weighted by Gasteiger charge is 2.27. The molecule has 0 bridgehead atoms. The summed E-state index contributed by atoms with van der Waals surface area (Å²) in [5.41, 5.74) is 0. The highest BCUT2D eigenvalue weighted by Crippen LogP contribution is 2.30. The molecule has 3 aromatic carbocycles. The van der Waals surface area contributed by atoms with Crippen LogP contribution < -0.4 is 4.13 Å². The van der Waals surface area contributed by atoms with Crippen LogP contribution in [-0.2, 0) is 10.9 Å². The van der Waals surface area contributed by atoms with Crippen LogP contribution >= 0.6 is 23.9 Å². The zero-order chi connectivity index (χ0) is 28.4. The molecule has 3 rings (SSSR count). The number of nitrogens with one attached hydrogen (secondary N) is 1. The topological polar surface area (TPSA) is 15.3 Å². The Hall–Kier alpha value is -1.37. The summed E-state index contributed by atoms with van der Waals surface area (Å²) in [6.45, 7) is 7.49. The van der Waals surface area contributed by atoms with E-state index in [0.717, 1.165) is 0 Å². The summed E-state index contributed by atoms with van der Waals surface area (Å²) in [5.74, 6) is 2.49. The van der Waals surface area contributed by atoms with Crippen molar-refractivity contribution in [3.05, 3.63) is 91.0 Å². The molecule has 0 aliphatic rings. The van der Waals surface area contributed by atoms with Crippen molar-refractivity contribution in [2.75, 3.05) is 32.1 Å². The van der Waals surface area contributed by atoms with Crippen molar-refractivity contribution in [2.45, 2.75) is 86.8 Å². The highest BCUT2D eigenvalue weighted by atomic mass is 32.2. The Balaban J connectivity index is 0.000000368. The molecule has 216 valence electrons. The van der Waals surface area contributed by atoms with Gasteiger partial charge < -0.3 is 4.90 Å². The van der Waals surface area contributed by atoms with Gasteiger partial charge in [0.05, 0.1) is 10.9 Å². The Bertz CT molecular complexity index is 798. The van der Waals surface area contributed by atoms with Crippen molar-refractivity contribution in [3.63, 3.8) is 0 Å². The Kier molecular flexibility index (Phi) is 23.4. The van der Waals surface area contributed by atoms with Gasteiger partial charge in [-0.05, 0) is 76.3 Å². The van der Waals surface area contributed by atoms with E-state index in [1.807, 2.05) is 37.7 Å². The average Bonchev–Trinajstić information content (AvgIpc) is 2.99. The van der Waals surface area contributed by atoms with Crippen molar-refractivity contribution in [1.29, 1.82) is 0 Å². The number of hydrogen-bond donors (Lipinski definition) is 1. The molecule has 3 aromatic rings. The maximum atomic E-state index is 3.40. The van der Waals surface area contributed by atoms with Gasteiger partial charge in [0.25, 0.3) is 0 Å². The van der Waals surface area contributed by atoms with Gasteiger partial charge in [-0.25, -0.2) is 4.13 Å². The molecule has 0 aliphatic heterocycles. The molecule has 2 nitrogen and oxygen atoms in total. The third-order valence-electron chi connectivity index (χ3n) is 5.76. The molecule has 0 aliphatic carbocycles. The van der Waals surface area contributed by atoms with E-state index in [0.29, 0.717) is 0 Å². The van der Waals surface area contributed by atoms with E-state index in [2.05, 4.69) is 121 Å². The molecule has 1 N–H and O–H groups in total. The zero-order valence-corrected chi connectivity index (χ0v) is 27.6. The monoisotopic (exact) mass is 585 g/mol. The lowest BCUT2D eigenvalue weighted by atomic mass is 10.1. The second-order valence-corrected chi connectivity index (χ2v) is 13.4. The van der Waals surface area contributed by atoms with Crippen LogP contribution in [0.3, 0.4) is 0 Å². The van der Waals surface area contributed by atoms with Gasteiger partial charge in [0.1, 0.15) is 0 Å². The summed E-state index contributed by atoms with van der Waals surface area (Å²) in [7, 11) is 4.27. The van der Waals surface area contributed by atoms with Crippen LogP contribution in [0.5, 0.6) is 0 Å². The predicted molar refractivity (Wildman–Crippen MR) is 182 cm³/mol. The van der Waals surface area contributed by atoms with Crippen molar-refractivity contribution < 1.29 is 0 Å². The molecule has 0 amide bonds. The van der Waals surface area contributed by atoms with Crippen LogP contribution in [0.1, 0.15) is 72.1 Å². The molecule has 0 atom stereocenters. The second-order valence-electron chi connectivity index (χ2n) is 9.30. The number of nitrogens with zero attached hydrogens (tertiary/aromatic N) is 1. The highest BCUT2D eigenvalue weighted by molar-refractivity contribution is 8.12. The fraction of sp³-hybridized carbons (Fsp3) is 0.471. The lowest BCUT2D eigenvalue weighted by molar-refractivity contribution is 0.399. The maximum absolute atomic E-state index is 3.40. The molecule has 0 spiro atoms. The molecule has 0 saturated carbocycles. The van der Waals surface area contributed by atoms with Gasteiger partial charge in [-0.1, -0.05) is 131 Å². The quantitative estimate of drug-likeness (QED) is 0.0962. The summed E-state index contributed by atoms with van der Waals surface area (Å²) < 4.78 is 3.40. The van der Waals surface area contributed by atoms with E-state index >= 15 is 0 Å². The SMILES string of the molecule is CC.CCCCCCCCSNSCCCCN(C)C.c1ccc([S+](c2ccccc2)c2ccccc2)cc1. The van der Waals surface area contributed by atoms with E-state index in [1.54, 1.807) is 0 Å². The molecule has 39 heavy (non-hydrogen) atoms. The number of hydrogen-bond acceptors (Lipinski definition) is 4. The summed E-state index contributed by atoms with van der Waals surface area (Å²) >= 11 is 3.76. The van der Waals surface area contributed by atoms with Crippen LogP contribution in [0, 0.1) is 0 Å². The molecular weight excluding hydrogens is 533 g/mol. The molecule has 0 heterocycles. The minimum atomic E-state index is -0.0146. The van der Waals surface area contributed by atoms with Gasteiger partial charge in [-0.15, -0.1) is 0 Å². The Labute approximate surface area is 252 Å². The fourth-order valence-electron chi connectivity index (χ4n) is 3.76. The summed E-state index contributed by atoms with van der Waals surface area (Å²) in [6, 6.07) is 32.2. The summed E-state index contributed by atoms with van der Waals surface area (Å²) in [4.78, 5) is 6.34. The van der Waals surface area contributed by atoms with Gasteiger partial charge in [0, 0.05) is 11.5 Å². The second kappa shape index (κ2) is 25.6. The van der Waals surface area contributed by atoms with E-state index in [9.17, 15) is 0 Å². The van der Waals surface area contributed by atoms with Crippen molar-refractivity contribution in [1.82, 2.24) is 9.03 Å². The lowest BCUT2D eigenvalue weighted by Crippen LogP contribution is -2.13. The van der Waals surface area contributed by atoms with Crippen LogP contribution in [0.15, 0.2) is 106 Å². The molecule has 0 saturated heterocycles. The smallest absolute Gasteiger partial charge is 0.166 e. The van der Waals surface area contributed by atoms with Gasteiger partial charge >= 0.3 is 0 Å². The van der Waals surface area contributed by atoms with E-state index in [1.165, 1.54) is 84.1 Å². The van der Waals surface area contributed by atoms with E-state index in [-0.39, 0.29) is 10.9 Å². The number of benzene rings is 3. The predicted octanol–water partition coefficient (Wildman–Crippen LogP) is 10.4. The van der Waals surface area contributed by atoms with Gasteiger partial charge in [-0.2, -0.15) is 0 Å². The minimum absolute atomic E-state index is 0.0146.